The molecule has 0 aliphatic heterocycles. The highest BCUT2D eigenvalue weighted by molar-refractivity contribution is 5.63. The number of benzene rings is 1. The average Bonchev–Trinajstić information content (AvgIpc) is 2.83. The van der Waals surface area contributed by atoms with Crippen LogP contribution in [0.1, 0.15) is 89.8 Å². The van der Waals surface area contributed by atoms with Crippen LogP contribution in [0.2, 0.25) is 0 Å². The van der Waals surface area contributed by atoms with Crippen LogP contribution in [-0.2, 0) is 0 Å². The summed E-state index contributed by atoms with van der Waals surface area (Å²) in [6.45, 7) is 18.5. The van der Waals surface area contributed by atoms with E-state index in [1.807, 2.05) is 0 Å². The van der Waals surface area contributed by atoms with E-state index in [1.54, 1.807) is 5.56 Å². The second-order valence-corrected chi connectivity index (χ2v) is 9.16. The lowest BCUT2D eigenvalue weighted by atomic mass is 9.89. The molecule has 1 saturated carbocycles. The van der Waals surface area contributed by atoms with E-state index in [0.717, 1.165) is 5.92 Å². The maximum Gasteiger partial charge on any atom is 0.0434 e. The van der Waals surface area contributed by atoms with Crippen molar-refractivity contribution in [1.29, 1.82) is 0 Å². The minimum absolute atomic E-state index is 0.114. The maximum atomic E-state index is 2.60. The summed E-state index contributed by atoms with van der Waals surface area (Å²) in [4.78, 5) is 2.60. The smallest absolute Gasteiger partial charge is 0.0434 e. The van der Waals surface area contributed by atoms with Crippen LogP contribution in [-0.4, -0.2) is 11.1 Å². The minimum Gasteiger partial charge on any atom is -0.361 e. The molecule has 0 unspecified atom stereocenters. The van der Waals surface area contributed by atoms with Gasteiger partial charge in [0, 0.05) is 16.8 Å². The lowest BCUT2D eigenvalue weighted by Crippen LogP contribution is -2.53. The van der Waals surface area contributed by atoms with Crippen LogP contribution < -0.4 is 4.90 Å². The van der Waals surface area contributed by atoms with Crippen molar-refractivity contribution in [2.45, 2.75) is 98.1 Å². The van der Waals surface area contributed by atoms with Crippen LogP contribution in [0, 0.1) is 13.8 Å². The Balaban J connectivity index is 2.50. The Hall–Kier alpha value is -0.980. The third-order valence-electron chi connectivity index (χ3n) is 4.91. The molecule has 1 aliphatic carbocycles. The van der Waals surface area contributed by atoms with Gasteiger partial charge in [-0.15, -0.1) is 0 Å². The fourth-order valence-corrected chi connectivity index (χ4v) is 4.51. The lowest BCUT2D eigenvalue weighted by molar-refractivity contribution is 0.379. The first-order valence-electron chi connectivity index (χ1n) is 8.93. The van der Waals surface area contributed by atoms with Crippen molar-refractivity contribution in [3.63, 3.8) is 0 Å². The van der Waals surface area contributed by atoms with Gasteiger partial charge in [-0.3, -0.25) is 0 Å². The van der Waals surface area contributed by atoms with Gasteiger partial charge in [0.05, 0.1) is 0 Å². The van der Waals surface area contributed by atoms with Crippen molar-refractivity contribution in [2.75, 3.05) is 4.90 Å². The fourth-order valence-electron chi connectivity index (χ4n) is 4.51. The molecule has 0 heterocycles. The van der Waals surface area contributed by atoms with Crippen molar-refractivity contribution in [2.24, 2.45) is 0 Å². The number of anilines is 1. The van der Waals surface area contributed by atoms with Gasteiger partial charge in [0.15, 0.2) is 0 Å². The van der Waals surface area contributed by atoms with Crippen molar-refractivity contribution in [3.8, 4) is 0 Å². The number of nitrogens with zero attached hydrogens (tertiary/aromatic N) is 1. The van der Waals surface area contributed by atoms with Crippen molar-refractivity contribution in [1.82, 2.24) is 0 Å². The summed E-state index contributed by atoms with van der Waals surface area (Å²) < 4.78 is 0. The summed E-state index contributed by atoms with van der Waals surface area (Å²) in [6, 6.07) is 4.92. The summed E-state index contributed by atoms with van der Waals surface area (Å²) in [5.41, 5.74) is 6.10. The van der Waals surface area contributed by atoms with E-state index in [0.29, 0.717) is 0 Å². The third-order valence-corrected chi connectivity index (χ3v) is 4.91. The monoisotopic (exact) mass is 301 g/mol. The molecular formula is C21H35N. The molecule has 22 heavy (non-hydrogen) atoms. The highest BCUT2D eigenvalue weighted by Crippen LogP contribution is 2.41. The zero-order valence-corrected chi connectivity index (χ0v) is 16.0. The standard InChI is InChI=1S/C21H35N/c1-15-13-18(17-11-9-10-12-17)14-16(2)19(15)22(20(3,4)5)21(6,7)8/h13-14,17H,9-12H2,1-8H3. The van der Waals surface area contributed by atoms with Gasteiger partial charge < -0.3 is 4.90 Å². The molecule has 1 heteroatoms. The first-order chi connectivity index (χ1) is 10.0. The Bertz CT molecular complexity index is 485. The van der Waals surface area contributed by atoms with Crippen LogP contribution >= 0.6 is 0 Å². The largest absolute Gasteiger partial charge is 0.361 e. The predicted molar refractivity (Wildman–Crippen MR) is 99.1 cm³/mol. The van der Waals surface area contributed by atoms with Crippen molar-refractivity contribution < 1.29 is 0 Å². The average molecular weight is 302 g/mol. The van der Waals surface area contributed by atoms with E-state index in [4.69, 9.17) is 0 Å². The number of hydrogen-bond acceptors (Lipinski definition) is 1. The first kappa shape index (κ1) is 17.4. The molecule has 1 aromatic rings. The molecule has 0 spiro atoms. The van der Waals surface area contributed by atoms with Gasteiger partial charge in [0.25, 0.3) is 0 Å². The fraction of sp³-hybridized carbons (Fsp3) is 0.714. The van der Waals surface area contributed by atoms with Gasteiger partial charge in [-0.25, -0.2) is 0 Å². The molecule has 124 valence electrons. The zero-order valence-electron chi connectivity index (χ0n) is 16.0. The molecule has 0 radical (unpaired) electrons. The Morgan fingerprint density at radius 2 is 1.23 bits per heavy atom. The van der Waals surface area contributed by atoms with Gasteiger partial charge in [0.2, 0.25) is 0 Å². The Morgan fingerprint density at radius 1 is 0.818 bits per heavy atom. The quantitative estimate of drug-likeness (QED) is 0.614. The summed E-state index contributed by atoms with van der Waals surface area (Å²) >= 11 is 0. The zero-order chi connectivity index (χ0) is 16.7. The van der Waals surface area contributed by atoms with Crippen LogP contribution in [0.3, 0.4) is 0 Å². The van der Waals surface area contributed by atoms with Crippen LogP contribution in [0.5, 0.6) is 0 Å². The molecular weight excluding hydrogens is 266 g/mol. The Kier molecular flexibility index (Phi) is 4.66. The van der Waals surface area contributed by atoms with Crippen LogP contribution in [0.15, 0.2) is 12.1 Å². The molecule has 0 bridgehead atoms. The highest BCUT2D eigenvalue weighted by atomic mass is 15.2. The number of rotatable bonds is 2. The predicted octanol–water partition coefficient (Wildman–Crippen LogP) is 6.36. The number of hydrogen-bond donors (Lipinski definition) is 0. The van der Waals surface area contributed by atoms with Gasteiger partial charge in [0.1, 0.15) is 0 Å². The van der Waals surface area contributed by atoms with Crippen molar-refractivity contribution in [3.05, 3.63) is 28.8 Å². The molecule has 0 N–H and O–H groups in total. The molecule has 1 aromatic carbocycles. The van der Waals surface area contributed by atoms with Gasteiger partial charge >= 0.3 is 0 Å². The van der Waals surface area contributed by atoms with E-state index in [9.17, 15) is 0 Å². The van der Waals surface area contributed by atoms with Crippen LogP contribution in [0.25, 0.3) is 0 Å². The maximum absolute atomic E-state index is 2.60. The van der Waals surface area contributed by atoms with Gasteiger partial charge in [-0.05, 0) is 90.8 Å². The topological polar surface area (TPSA) is 3.24 Å². The normalized spacial score (nSPS) is 17.1. The van der Waals surface area contributed by atoms with Gasteiger partial charge in [-0.1, -0.05) is 25.0 Å². The molecule has 0 amide bonds. The van der Waals surface area contributed by atoms with E-state index < -0.39 is 0 Å². The lowest BCUT2D eigenvalue weighted by Gasteiger charge is -2.49. The summed E-state index contributed by atoms with van der Waals surface area (Å²) in [5, 5.41) is 0. The molecule has 0 aromatic heterocycles. The number of aryl methyl sites for hydroxylation is 2. The van der Waals surface area contributed by atoms with E-state index in [-0.39, 0.29) is 11.1 Å². The summed E-state index contributed by atoms with van der Waals surface area (Å²) in [7, 11) is 0. The highest BCUT2D eigenvalue weighted by Gasteiger charge is 2.33. The summed E-state index contributed by atoms with van der Waals surface area (Å²) in [5.74, 6) is 0.796. The van der Waals surface area contributed by atoms with E-state index >= 15 is 0 Å². The Labute approximate surface area is 138 Å². The second-order valence-electron chi connectivity index (χ2n) is 9.16. The molecule has 0 atom stereocenters. The van der Waals surface area contributed by atoms with Crippen molar-refractivity contribution >= 4 is 5.69 Å². The third kappa shape index (κ3) is 3.50. The molecule has 1 nitrogen and oxygen atoms in total. The first-order valence-corrected chi connectivity index (χ1v) is 8.93. The van der Waals surface area contributed by atoms with E-state index in [1.165, 1.54) is 42.5 Å². The Morgan fingerprint density at radius 3 is 1.59 bits per heavy atom. The van der Waals surface area contributed by atoms with E-state index in [2.05, 4.69) is 72.4 Å². The van der Waals surface area contributed by atoms with Crippen LogP contribution in [0.4, 0.5) is 5.69 Å². The summed E-state index contributed by atoms with van der Waals surface area (Å²) in [6.07, 6.45) is 5.56. The van der Waals surface area contributed by atoms with Gasteiger partial charge in [-0.2, -0.15) is 0 Å². The molecule has 1 aliphatic rings. The minimum atomic E-state index is 0.114. The SMILES string of the molecule is Cc1cc(C2CCCC2)cc(C)c1N(C(C)(C)C)C(C)(C)C. The molecule has 2 rings (SSSR count). The second kappa shape index (κ2) is 5.91. The molecule has 0 saturated heterocycles. The molecule has 1 fully saturated rings.